The third kappa shape index (κ3) is 98.5. The fourth-order valence-corrected chi connectivity index (χ4v) is 0. The van der Waals surface area contributed by atoms with Crippen LogP contribution in [0.3, 0.4) is 0 Å². The van der Waals surface area contributed by atoms with Crippen molar-refractivity contribution >= 4 is 0 Å². The summed E-state index contributed by atoms with van der Waals surface area (Å²) < 4.78 is 29.5. The molecule has 0 heterocycles. The Balaban J connectivity index is -0.0000000800. The van der Waals surface area contributed by atoms with Crippen LogP contribution in [0.2, 0.25) is 0 Å². The maximum absolute atomic E-state index is 7.38. The van der Waals surface area contributed by atoms with E-state index in [1.165, 1.54) is 0 Å². The molecular formula is H4CoMoNiO4. The summed E-state index contributed by atoms with van der Waals surface area (Å²) in [5.41, 5.74) is 0. The van der Waals surface area contributed by atoms with Crippen molar-refractivity contribution in [2.75, 3.05) is 0 Å². The topological polar surface area (TPSA) is 80.9 Å². The zero-order chi connectivity index (χ0) is 4.50. The molecule has 4 nitrogen and oxygen atoms in total. The Morgan fingerprint density at radius 2 is 0.857 bits per heavy atom. The molecule has 0 aromatic heterocycles. The molecule has 0 unspecified atom stereocenters. The molecule has 0 atom stereocenters. The van der Waals surface area contributed by atoms with E-state index in [0.29, 0.717) is 0 Å². The summed E-state index contributed by atoms with van der Waals surface area (Å²) in [5, 5.41) is 0. The first-order chi connectivity index (χ1) is 2.00. The average molecular weight is 282 g/mol. The van der Waals surface area contributed by atoms with Crippen LogP contribution in [0, 0.1) is 0 Å². The molecule has 4 N–H and O–H groups in total. The van der Waals surface area contributed by atoms with Crippen molar-refractivity contribution in [1.29, 1.82) is 0 Å². The van der Waals surface area contributed by atoms with E-state index in [9.17, 15) is 0 Å². The van der Waals surface area contributed by atoms with E-state index in [2.05, 4.69) is 0 Å². The monoisotopic (exact) mass is 283 g/mol. The Bertz CT molecular complexity index is 27.2. The molecule has 0 aromatic rings. The Kier molecular flexibility index (Phi) is 12.8. The summed E-state index contributed by atoms with van der Waals surface area (Å²) in [5.74, 6) is 0. The minimum absolute atomic E-state index is 0. The van der Waals surface area contributed by atoms with Gasteiger partial charge in [0.05, 0.1) is 0 Å². The average Bonchev–Trinajstić information content (AvgIpc) is 0.722. The fraction of sp³-hybridized carbons (Fsp3) is 0. The van der Waals surface area contributed by atoms with E-state index < -0.39 is 17.6 Å². The van der Waals surface area contributed by atoms with Crippen LogP contribution < -0.4 is 0 Å². The maximum atomic E-state index is 7.38. The SMILES string of the molecule is [Co].[Ni].[OH][Mo]([OH])([OH])[OH]. The summed E-state index contributed by atoms with van der Waals surface area (Å²) >= 11 is -5.02. The van der Waals surface area contributed by atoms with Gasteiger partial charge in [-0.05, 0) is 0 Å². The Labute approximate surface area is 65.7 Å². The van der Waals surface area contributed by atoms with E-state index in [0.717, 1.165) is 0 Å². The second-order valence-corrected chi connectivity index (χ2v) is 2.90. The van der Waals surface area contributed by atoms with E-state index in [4.69, 9.17) is 15.0 Å². The van der Waals surface area contributed by atoms with Gasteiger partial charge >= 0.3 is 32.6 Å². The third-order valence-electron chi connectivity index (χ3n) is 0. The molecule has 0 aromatic carbocycles. The molecular weight excluding hydrogens is 278 g/mol. The van der Waals surface area contributed by atoms with Crippen LogP contribution in [-0.4, -0.2) is 15.0 Å². The van der Waals surface area contributed by atoms with Gasteiger partial charge in [0, 0.05) is 33.3 Å². The minimum atomic E-state index is -5.02. The predicted octanol–water partition coefficient (Wildman–Crippen LogP) is -2.24. The Hall–Kier alpha value is 1.53. The van der Waals surface area contributed by atoms with Crippen LogP contribution in [0.5, 0.6) is 0 Å². The van der Waals surface area contributed by atoms with Crippen LogP contribution in [0.15, 0.2) is 0 Å². The van der Waals surface area contributed by atoms with Gasteiger partial charge in [-0.1, -0.05) is 0 Å². The van der Waals surface area contributed by atoms with Crippen LogP contribution in [0.1, 0.15) is 0 Å². The first-order valence-corrected chi connectivity index (χ1v) is 4.32. The van der Waals surface area contributed by atoms with Gasteiger partial charge in [0.1, 0.15) is 0 Å². The van der Waals surface area contributed by atoms with E-state index >= 15 is 0 Å². The van der Waals surface area contributed by atoms with Crippen LogP contribution >= 0.6 is 0 Å². The second kappa shape index (κ2) is 5.66. The standard InChI is InChI=1S/Co.Mo.Ni.4H2O/h;;;4*1H2/q;+4;;;;;/p-4. The van der Waals surface area contributed by atoms with Gasteiger partial charge in [-0.25, -0.2) is 0 Å². The summed E-state index contributed by atoms with van der Waals surface area (Å²) in [4.78, 5) is 0. The summed E-state index contributed by atoms with van der Waals surface area (Å²) in [6.07, 6.45) is 0. The van der Waals surface area contributed by atoms with Crippen molar-refractivity contribution in [3.8, 4) is 0 Å². The van der Waals surface area contributed by atoms with Crippen molar-refractivity contribution in [2.24, 2.45) is 0 Å². The zero-order valence-corrected chi connectivity index (χ0v) is 6.88. The molecule has 1 radical (unpaired) electrons. The third-order valence-corrected chi connectivity index (χ3v) is 0. The molecule has 0 aliphatic heterocycles. The molecule has 0 aliphatic carbocycles. The van der Waals surface area contributed by atoms with E-state index in [1.807, 2.05) is 0 Å². The van der Waals surface area contributed by atoms with Crippen molar-refractivity contribution in [1.82, 2.24) is 0 Å². The second-order valence-electron chi connectivity index (χ2n) is 0.490. The van der Waals surface area contributed by atoms with Gasteiger partial charge in [-0.2, -0.15) is 0 Å². The van der Waals surface area contributed by atoms with Crippen molar-refractivity contribution in [3.05, 3.63) is 0 Å². The Morgan fingerprint density at radius 1 is 0.857 bits per heavy atom. The van der Waals surface area contributed by atoms with Crippen molar-refractivity contribution in [3.63, 3.8) is 0 Å². The normalized spacial score (nSPS) is 10.9. The molecule has 7 heavy (non-hydrogen) atoms. The first-order valence-electron chi connectivity index (χ1n) is 0.730. The fourth-order valence-electron chi connectivity index (χ4n) is 0. The van der Waals surface area contributed by atoms with E-state index in [1.54, 1.807) is 0 Å². The number of hydrogen-bond acceptors (Lipinski definition) is 4. The molecule has 53 valence electrons. The van der Waals surface area contributed by atoms with Crippen LogP contribution in [0.4, 0.5) is 0 Å². The summed E-state index contributed by atoms with van der Waals surface area (Å²) in [6, 6.07) is 0. The molecule has 0 fully saturated rings. The van der Waals surface area contributed by atoms with Crippen molar-refractivity contribution < 1.29 is 65.9 Å². The molecule has 0 amide bonds. The molecule has 7 heteroatoms. The van der Waals surface area contributed by atoms with Crippen LogP contribution in [-0.2, 0) is 50.9 Å². The van der Waals surface area contributed by atoms with Gasteiger partial charge in [-0.3, -0.25) is 0 Å². The first kappa shape index (κ1) is 15.8. The quantitative estimate of drug-likeness (QED) is 0.379. The number of rotatable bonds is 0. The Morgan fingerprint density at radius 3 is 0.857 bits per heavy atom. The van der Waals surface area contributed by atoms with Gasteiger partial charge in [-0.15, -0.1) is 0 Å². The van der Waals surface area contributed by atoms with Gasteiger partial charge < -0.3 is 0 Å². The molecule has 0 saturated heterocycles. The predicted molar refractivity (Wildman–Crippen MR) is 8.88 cm³/mol. The van der Waals surface area contributed by atoms with Gasteiger partial charge in [0.15, 0.2) is 0 Å². The molecule has 0 rings (SSSR count). The van der Waals surface area contributed by atoms with Crippen LogP contribution in [0.25, 0.3) is 0 Å². The van der Waals surface area contributed by atoms with Crippen molar-refractivity contribution in [2.45, 2.75) is 0 Å². The molecule has 0 spiro atoms. The zero-order valence-electron chi connectivity index (χ0n) is 2.85. The van der Waals surface area contributed by atoms with E-state index in [-0.39, 0.29) is 33.3 Å². The van der Waals surface area contributed by atoms with Gasteiger partial charge in [0.2, 0.25) is 0 Å². The summed E-state index contributed by atoms with van der Waals surface area (Å²) in [6.45, 7) is 0. The summed E-state index contributed by atoms with van der Waals surface area (Å²) in [7, 11) is 0. The molecule has 0 saturated carbocycles. The van der Waals surface area contributed by atoms with Gasteiger partial charge in [0.25, 0.3) is 0 Å². The molecule has 0 bridgehead atoms. The molecule has 0 aliphatic rings. The number of hydrogen-bond donors (Lipinski definition) is 4.